The van der Waals surface area contributed by atoms with Gasteiger partial charge in [-0.25, -0.2) is 0 Å². The van der Waals surface area contributed by atoms with Gasteiger partial charge in [-0.2, -0.15) is 9.97 Å². The number of rotatable bonds is 6. The highest BCUT2D eigenvalue weighted by Gasteiger charge is 2.45. The average molecular weight is 401 g/mol. The number of carboxylic acid groups (broad SMARTS) is 1. The molecule has 0 atom stereocenters. The standard InChI is InChI=1S/C24H23N3O3/c28-22(29)24(14-5-15-24)16-10-12-17(13-11-16)25-21-19-8-4-9-20(19)26-23(27-21)30-18-6-2-1-3-7-18/h1-3,6-7,10-13H,4-5,8-9,14-15H2,(H,28,29)(H,25,26,27). The van der Waals surface area contributed by atoms with Crippen molar-refractivity contribution in [1.82, 2.24) is 9.97 Å². The van der Waals surface area contributed by atoms with Gasteiger partial charge >= 0.3 is 12.0 Å². The first-order valence-electron chi connectivity index (χ1n) is 10.4. The third-order valence-electron chi connectivity index (χ3n) is 6.18. The molecule has 6 nitrogen and oxygen atoms in total. The van der Waals surface area contributed by atoms with E-state index in [0.717, 1.165) is 54.0 Å². The van der Waals surface area contributed by atoms with Crippen LogP contribution in [0, 0.1) is 0 Å². The van der Waals surface area contributed by atoms with Gasteiger partial charge in [-0.1, -0.05) is 36.8 Å². The number of hydrogen-bond acceptors (Lipinski definition) is 5. The maximum atomic E-state index is 11.7. The second kappa shape index (κ2) is 7.44. The number of nitrogens with one attached hydrogen (secondary N) is 1. The van der Waals surface area contributed by atoms with Crippen molar-refractivity contribution in [2.24, 2.45) is 0 Å². The zero-order chi connectivity index (χ0) is 20.6. The highest BCUT2D eigenvalue weighted by molar-refractivity contribution is 5.82. The fourth-order valence-electron chi connectivity index (χ4n) is 4.32. The van der Waals surface area contributed by atoms with Gasteiger partial charge in [0.1, 0.15) is 11.6 Å². The van der Waals surface area contributed by atoms with Gasteiger partial charge in [0.15, 0.2) is 0 Å². The molecule has 0 saturated heterocycles. The predicted molar refractivity (Wildman–Crippen MR) is 113 cm³/mol. The molecule has 5 rings (SSSR count). The molecule has 1 heterocycles. The van der Waals surface area contributed by atoms with Gasteiger partial charge in [0.05, 0.1) is 11.1 Å². The summed E-state index contributed by atoms with van der Waals surface area (Å²) in [7, 11) is 0. The summed E-state index contributed by atoms with van der Waals surface area (Å²) in [4.78, 5) is 21.0. The van der Waals surface area contributed by atoms with Crippen LogP contribution in [-0.4, -0.2) is 21.0 Å². The fourth-order valence-corrected chi connectivity index (χ4v) is 4.32. The van der Waals surface area contributed by atoms with Crippen LogP contribution in [0.1, 0.15) is 42.5 Å². The normalized spacial score (nSPS) is 16.4. The van der Waals surface area contributed by atoms with E-state index in [1.807, 2.05) is 54.6 Å². The SMILES string of the molecule is O=C(O)C1(c2ccc(Nc3nc(Oc4ccccc4)nc4c3CCC4)cc2)CCC1. The molecule has 0 spiro atoms. The van der Waals surface area contributed by atoms with Gasteiger partial charge in [-0.3, -0.25) is 4.79 Å². The molecule has 2 N–H and O–H groups in total. The van der Waals surface area contributed by atoms with Gasteiger partial charge in [0, 0.05) is 11.3 Å². The number of fused-ring (bicyclic) bond motifs is 1. The summed E-state index contributed by atoms with van der Waals surface area (Å²) in [5.74, 6) is 0.726. The van der Waals surface area contributed by atoms with Gasteiger partial charge in [-0.15, -0.1) is 0 Å². The number of ether oxygens (including phenoxy) is 1. The number of aliphatic carboxylic acids is 1. The van der Waals surface area contributed by atoms with E-state index in [1.165, 1.54) is 0 Å². The van der Waals surface area contributed by atoms with Crippen molar-refractivity contribution in [2.45, 2.75) is 43.9 Å². The lowest BCUT2D eigenvalue weighted by atomic mass is 9.64. The topological polar surface area (TPSA) is 84.3 Å². The van der Waals surface area contributed by atoms with E-state index in [1.54, 1.807) is 0 Å². The van der Waals surface area contributed by atoms with Gasteiger partial charge in [0.25, 0.3) is 0 Å². The maximum absolute atomic E-state index is 11.7. The molecule has 0 aliphatic heterocycles. The minimum Gasteiger partial charge on any atom is -0.481 e. The minimum atomic E-state index is -0.731. The van der Waals surface area contributed by atoms with Crippen LogP contribution in [0.5, 0.6) is 11.8 Å². The Morgan fingerprint density at radius 2 is 1.73 bits per heavy atom. The Morgan fingerprint density at radius 3 is 2.40 bits per heavy atom. The van der Waals surface area contributed by atoms with E-state index in [0.29, 0.717) is 24.6 Å². The van der Waals surface area contributed by atoms with Crippen LogP contribution in [0.3, 0.4) is 0 Å². The van der Waals surface area contributed by atoms with E-state index in [9.17, 15) is 9.90 Å². The van der Waals surface area contributed by atoms with Crippen molar-refractivity contribution >= 4 is 17.5 Å². The van der Waals surface area contributed by atoms with Gasteiger partial charge in [-0.05, 0) is 61.9 Å². The quantitative estimate of drug-likeness (QED) is 0.604. The Labute approximate surface area is 175 Å². The third kappa shape index (κ3) is 3.28. The van der Waals surface area contributed by atoms with Crippen LogP contribution in [0.25, 0.3) is 0 Å². The minimum absolute atomic E-state index is 0.334. The van der Waals surface area contributed by atoms with Crippen molar-refractivity contribution in [3.05, 3.63) is 71.4 Å². The lowest BCUT2D eigenvalue weighted by molar-refractivity contribution is -0.147. The van der Waals surface area contributed by atoms with Crippen molar-refractivity contribution in [1.29, 1.82) is 0 Å². The zero-order valence-corrected chi connectivity index (χ0v) is 16.6. The summed E-state index contributed by atoms with van der Waals surface area (Å²) in [5, 5.41) is 13.0. The summed E-state index contributed by atoms with van der Waals surface area (Å²) in [6.07, 6.45) is 5.27. The first-order valence-corrected chi connectivity index (χ1v) is 10.4. The number of anilines is 2. The van der Waals surface area contributed by atoms with Crippen LogP contribution < -0.4 is 10.1 Å². The highest BCUT2D eigenvalue weighted by Crippen LogP contribution is 2.44. The number of aromatic nitrogens is 2. The second-order valence-corrected chi connectivity index (χ2v) is 7.99. The summed E-state index contributed by atoms with van der Waals surface area (Å²) >= 11 is 0. The fraction of sp³-hybridized carbons (Fsp3) is 0.292. The third-order valence-corrected chi connectivity index (χ3v) is 6.18. The Hall–Kier alpha value is -3.41. The summed E-state index contributed by atoms with van der Waals surface area (Å²) in [6.45, 7) is 0. The summed E-state index contributed by atoms with van der Waals surface area (Å²) < 4.78 is 5.87. The van der Waals surface area contributed by atoms with E-state index in [4.69, 9.17) is 4.74 Å². The molecule has 0 unspecified atom stereocenters. The van der Waals surface area contributed by atoms with Crippen LogP contribution in [0.4, 0.5) is 11.5 Å². The number of para-hydroxylation sites is 1. The van der Waals surface area contributed by atoms with Crippen LogP contribution in [-0.2, 0) is 23.1 Å². The molecular weight excluding hydrogens is 378 g/mol. The van der Waals surface area contributed by atoms with Crippen LogP contribution in [0.2, 0.25) is 0 Å². The molecule has 2 aromatic carbocycles. The lowest BCUT2D eigenvalue weighted by Crippen LogP contribution is -2.42. The predicted octanol–water partition coefficient (Wildman–Crippen LogP) is 5.01. The lowest BCUT2D eigenvalue weighted by Gasteiger charge is -2.38. The number of carbonyl (C=O) groups is 1. The molecule has 1 aromatic heterocycles. The number of nitrogens with zero attached hydrogens (tertiary/aromatic N) is 2. The van der Waals surface area contributed by atoms with Gasteiger partial charge < -0.3 is 15.2 Å². The van der Waals surface area contributed by atoms with Gasteiger partial charge in [0.2, 0.25) is 0 Å². The smallest absolute Gasteiger partial charge is 0.324 e. The molecule has 0 bridgehead atoms. The molecule has 0 amide bonds. The Bertz CT molecular complexity index is 1080. The number of aryl methyl sites for hydroxylation is 1. The van der Waals surface area contributed by atoms with Crippen LogP contribution >= 0.6 is 0 Å². The molecule has 152 valence electrons. The molecular formula is C24H23N3O3. The Kier molecular flexibility index (Phi) is 4.62. The zero-order valence-electron chi connectivity index (χ0n) is 16.6. The largest absolute Gasteiger partial charge is 0.481 e. The average Bonchev–Trinajstić information content (AvgIpc) is 3.18. The first-order chi connectivity index (χ1) is 14.6. The molecule has 2 aliphatic carbocycles. The number of hydrogen-bond donors (Lipinski definition) is 2. The number of carboxylic acids is 1. The second-order valence-electron chi connectivity index (χ2n) is 7.99. The van der Waals surface area contributed by atoms with Crippen molar-refractivity contribution in [2.75, 3.05) is 5.32 Å². The maximum Gasteiger partial charge on any atom is 0.324 e. The summed E-state index contributed by atoms with van der Waals surface area (Å²) in [5.41, 5.74) is 3.17. The molecule has 2 aliphatic rings. The van der Waals surface area contributed by atoms with E-state index in [-0.39, 0.29) is 0 Å². The first kappa shape index (κ1) is 18.6. The molecule has 3 aromatic rings. The monoisotopic (exact) mass is 401 g/mol. The van der Waals surface area contributed by atoms with Crippen molar-refractivity contribution in [3.8, 4) is 11.8 Å². The van der Waals surface area contributed by atoms with E-state index < -0.39 is 11.4 Å². The van der Waals surface area contributed by atoms with Crippen LogP contribution in [0.15, 0.2) is 54.6 Å². The molecule has 0 radical (unpaired) electrons. The molecule has 1 fully saturated rings. The Balaban J connectivity index is 1.41. The Morgan fingerprint density at radius 1 is 0.967 bits per heavy atom. The highest BCUT2D eigenvalue weighted by atomic mass is 16.5. The molecule has 30 heavy (non-hydrogen) atoms. The van der Waals surface area contributed by atoms with E-state index in [2.05, 4.69) is 15.3 Å². The number of benzene rings is 2. The van der Waals surface area contributed by atoms with E-state index >= 15 is 0 Å². The van der Waals surface area contributed by atoms with Crippen molar-refractivity contribution < 1.29 is 14.6 Å². The molecule has 6 heteroatoms. The summed E-state index contributed by atoms with van der Waals surface area (Å²) in [6, 6.07) is 17.5. The van der Waals surface area contributed by atoms with Crippen molar-refractivity contribution in [3.63, 3.8) is 0 Å². The molecule has 1 saturated carbocycles.